The van der Waals surface area contributed by atoms with Crippen LogP contribution in [0.2, 0.25) is 5.02 Å². The van der Waals surface area contributed by atoms with Gasteiger partial charge in [-0.05, 0) is 38.1 Å². The molecule has 0 aliphatic carbocycles. The first kappa shape index (κ1) is 23.2. The maximum atomic E-state index is 13.2. The molecule has 1 aliphatic rings. The number of fused-ring (bicyclic) bond motifs is 1. The molecular weight excluding hydrogens is 474 g/mol. The lowest BCUT2D eigenvalue weighted by atomic mass is 10.1. The van der Waals surface area contributed by atoms with Gasteiger partial charge in [-0.25, -0.2) is 9.50 Å². The van der Waals surface area contributed by atoms with Crippen molar-refractivity contribution in [3.05, 3.63) is 59.6 Å². The molecule has 1 aromatic carbocycles. The highest BCUT2D eigenvalue weighted by atomic mass is 35.5. The van der Waals surface area contributed by atoms with Crippen LogP contribution in [0.3, 0.4) is 0 Å². The summed E-state index contributed by atoms with van der Waals surface area (Å²) in [6.45, 7) is 4.14. The summed E-state index contributed by atoms with van der Waals surface area (Å²) in [5.41, 5.74) is 1.66. The molecule has 1 saturated heterocycles. The van der Waals surface area contributed by atoms with E-state index in [-0.39, 0.29) is 6.54 Å². The molecular formula is C23H24ClN7O4. The molecule has 3 aromatic heterocycles. The number of halogens is 1. The number of methoxy groups -OCH3 is 1. The normalized spacial score (nSPS) is 19.2. The van der Waals surface area contributed by atoms with Crippen molar-refractivity contribution in [1.82, 2.24) is 29.7 Å². The average molecular weight is 498 g/mol. The van der Waals surface area contributed by atoms with E-state index in [1.165, 1.54) is 22.5 Å². The summed E-state index contributed by atoms with van der Waals surface area (Å²) in [6.07, 6.45) is 6.35. The third-order valence-electron chi connectivity index (χ3n) is 5.53. The van der Waals surface area contributed by atoms with Gasteiger partial charge in [0.2, 0.25) is 5.91 Å². The van der Waals surface area contributed by atoms with Crippen LogP contribution >= 0.6 is 11.6 Å². The molecule has 4 heterocycles. The van der Waals surface area contributed by atoms with Crippen molar-refractivity contribution >= 4 is 28.8 Å². The number of anilines is 1. The SMILES string of the molecule is COc1ccc(Cl)cc1-c1nn(CC2(O)NC(C)(C)CO2)cc1NC(=O)c1cnn2cccnc12. The second-order valence-corrected chi connectivity index (χ2v) is 9.35. The molecule has 182 valence electrons. The van der Waals surface area contributed by atoms with Crippen LogP contribution in [0.25, 0.3) is 16.9 Å². The quantitative estimate of drug-likeness (QED) is 0.371. The third-order valence-corrected chi connectivity index (χ3v) is 5.77. The van der Waals surface area contributed by atoms with Crippen molar-refractivity contribution in [1.29, 1.82) is 0 Å². The Morgan fingerprint density at radius 2 is 2.23 bits per heavy atom. The number of aromatic nitrogens is 5. The number of rotatable bonds is 6. The van der Waals surface area contributed by atoms with Crippen LogP contribution in [0.1, 0.15) is 24.2 Å². The molecule has 1 unspecified atom stereocenters. The molecule has 11 nitrogen and oxygen atoms in total. The first-order valence-corrected chi connectivity index (χ1v) is 11.2. The molecule has 4 aromatic rings. The van der Waals surface area contributed by atoms with Crippen molar-refractivity contribution in [2.75, 3.05) is 19.0 Å². The zero-order valence-corrected chi connectivity index (χ0v) is 20.1. The molecule has 1 amide bonds. The first-order valence-electron chi connectivity index (χ1n) is 10.8. The minimum absolute atomic E-state index is 0.0273. The Balaban J connectivity index is 1.54. The van der Waals surface area contributed by atoms with Crippen molar-refractivity contribution < 1.29 is 19.4 Å². The first-order chi connectivity index (χ1) is 16.7. The van der Waals surface area contributed by atoms with Crippen molar-refractivity contribution in [3.63, 3.8) is 0 Å². The molecule has 12 heteroatoms. The highest BCUT2D eigenvalue weighted by Crippen LogP contribution is 2.36. The Bertz CT molecular complexity index is 1420. The number of ether oxygens (including phenoxy) is 2. The van der Waals surface area contributed by atoms with E-state index in [0.717, 1.165) is 0 Å². The largest absolute Gasteiger partial charge is 0.496 e. The summed E-state index contributed by atoms with van der Waals surface area (Å²) in [4.78, 5) is 17.5. The molecule has 5 rings (SSSR count). The lowest BCUT2D eigenvalue weighted by Crippen LogP contribution is -2.51. The Hall–Kier alpha value is -3.51. The lowest BCUT2D eigenvalue weighted by Gasteiger charge is -2.24. The predicted octanol–water partition coefficient (Wildman–Crippen LogP) is 2.55. The van der Waals surface area contributed by atoms with E-state index in [0.29, 0.717) is 45.5 Å². The minimum atomic E-state index is -1.63. The molecule has 1 aliphatic heterocycles. The average Bonchev–Trinajstić information content (AvgIpc) is 3.48. The molecule has 3 N–H and O–H groups in total. The molecule has 1 fully saturated rings. The number of hydrogen-bond acceptors (Lipinski definition) is 8. The molecule has 0 spiro atoms. The van der Waals surface area contributed by atoms with Gasteiger partial charge in [0.25, 0.3) is 5.91 Å². The van der Waals surface area contributed by atoms with Gasteiger partial charge in [0, 0.05) is 34.7 Å². The second kappa shape index (κ2) is 8.61. The van der Waals surface area contributed by atoms with E-state index in [2.05, 4.69) is 25.8 Å². The van der Waals surface area contributed by atoms with Gasteiger partial charge < -0.3 is 19.9 Å². The van der Waals surface area contributed by atoms with Gasteiger partial charge in [-0.3, -0.25) is 14.8 Å². The fraction of sp³-hybridized carbons (Fsp3) is 0.304. The standard InChI is InChI=1S/C23H24ClN7O4/c1-22(2)13-35-23(33,29-22)12-30-11-17(19(28-30)15-9-14(24)5-6-18(15)34-3)27-21(32)16-10-26-31-8-4-7-25-20(16)31/h4-11,29,33H,12-13H2,1-3H3,(H,27,32). The van der Waals surface area contributed by atoms with Crippen LogP contribution in [0.4, 0.5) is 5.69 Å². The Morgan fingerprint density at radius 3 is 2.97 bits per heavy atom. The van der Waals surface area contributed by atoms with Crippen molar-refractivity contribution in [2.45, 2.75) is 31.8 Å². The molecule has 35 heavy (non-hydrogen) atoms. The van der Waals surface area contributed by atoms with E-state index >= 15 is 0 Å². The maximum Gasteiger partial charge on any atom is 0.261 e. The lowest BCUT2D eigenvalue weighted by molar-refractivity contribution is -0.195. The van der Waals surface area contributed by atoms with Crippen LogP contribution in [0.15, 0.2) is 49.1 Å². The second-order valence-electron chi connectivity index (χ2n) is 8.92. The highest BCUT2D eigenvalue weighted by Gasteiger charge is 2.43. The molecule has 0 saturated carbocycles. The summed E-state index contributed by atoms with van der Waals surface area (Å²) in [5.74, 6) is -1.53. The number of benzene rings is 1. The summed E-state index contributed by atoms with van der Waals surface area (Å²) < 4.78 is 14.1. The topological polar surface area (TPSA) is 128 Å². The Morgan fingerprint density at radius 1 is 1.40 bits per heavy atom. The van der Waals surface area contributed by atoms with Crippen LogP contribution in [0.5, 0.6) is 5.75 Å². The fourth-order valence-corrected chi connectivity index (χ4v) is 4.21. The van der Waals surface area contributed by atoms with Gasteiger partial charge in [-0.2, -0.15) is 10.2 Å². The smallest absolute Gasteiger partial charge is 0.261 e. The molecule has 0 radical (unpaired) electrons. The summed E-state index contributed by atoms with van der Waals surface area (Å²) in [5, 5.41) is 26.1. The van der Waals surface area contributed by atoms with Crippen molar-refractivity contribution in [3.8, 4) is 17.0 Å². The van der Waals surface area contributed by atoms with E-state index in [9.17, 15) is 9.90 Å². The minimum Gasteiger partial charge on any atom is -0.496 e. The summed E-state index contributed by atoms with van der Waals surface area (Å²) >= 11 is 6.26. The van der Waals surface area contributed by atoms with E-state index in [1.807, 2.05) is 13.8 Å². The number of hydrogen-bond donors (Lipinski definition) is 3. The van der Waals surface area contributed by atoms with Gasteiger partial charge in [0.15, 0.2) is 5.65 Å². The number of carbonyl (C=O) groups is 1. The van der Waals surface area contributed by atoms with Gasteiger partial charge in [-0.1, -0.05) is 11.6 Å². The molecule has 1 atom stereocenters. The van der Waals surface area contributed by atoms with Gasteiger partial charge in [-0.15, -0.1) is 0 Å². The Kier molecular flexibility index (Phi) is 5.72. The monoisotopic (exact) mass is 497 g/mol. The van der Waals surface area contributed by atoms with Gasteiger partial charge in [0.05, 0.1) is 25.6 Å². The highest BCUT2D eigenvalue weighted by molar-refractivity contribution is 6.31. The number of carbonyl (C=O) groups excluding carboxylic acids is 1. The van der Waals surface area contributed by atoms with E-state index < -0.39 is 17.4 Å². The third kappa shape index (κ3) is 4.58. The maximum absolute atomic E-state index is 13.2. The Labute approximate surface area is 205 Å². The van der Waals surface area contributed by atoms with Crippen LogP contribution in [0, 0.1) is 0 Å². The fourth-order valence-electron chi connectivity index (χ4n) is 4.04. The summed E-state index contributed by atoms with van der Waals surface area (Å²) in [7, 11) is 1.54. The number of nitrogens with one attached hydrogen (secondary N) is 2. The summed E-state index contributed by atoms with van der Waals surface area (Å²) in [6, 6.07) is 6.84. The zero-order valence-electron chi connectivity index (χ0n) is 19.3. The molecule has 0 bridgehead atoms. The number of nitrogens with zero attached hydrogens (tertiary/aromatic N) is 5. The van der Waals surface area contributed by atoms with Gasteiger partial charge in [0.1, 0.15) is 23.6 Å². The van der Waals surface area contributed by atoms with Crippen LogP contribution < -0.4 is 15.4 Å². The number of amides is 1. The van der Waals surface area contributed by atoms with E-state index in [1.54, 1.807) is 42.9 Å². The van der Waals surface area contributed by atoms with Gasteiger partial charge >= 0.3 is 0 Å². The van der Waals surface area contributed by atoms with E-state index in [4.69, 9.17) is 21.1 Å². The van der Waals surface area contributed by atoms with Crippen LogP contribution in [-0.2, 0) is 11.3 Å². The van der Waals surface area contributed by atoms with Crippen LogP contribution in [-0.4, -0.2) is 60.6 Å². The zero-order chi connectivity index (χ0) is 24.8. The predicted molar refractivity (Wildman–Crippen MR) is 128 cm³/mol. The number of aliphatic hydroxyl groups is 1. The van der Waals surface area contributed by atoms with Crippen molar-refractivity contribution in [2.24, 2.45) is 0 Å².